The van der Waals surface area contributed by atoms with Gasteiger partial charge in [-0.25, -0.2) is 0 Å². The fraction of sp³-hybridized carbons (Fsp3) is 0.500. The predicted octanol–water partition coefficient (Wildman–Crippen LogP) is 1.14. The third-order valence-electron chi connectivity index (χ3n) is 3.70. The van der Waals surface area contributed by atoms with Crippen molar-refractivity contribution in [3.8, 4) is 0 Å². The first-order valence-corrected chi connectivity index (χ1v) is 5.93. The maximum absolute atomic E-state index is 10.5. The molecule has 0 aliphatic carbocycles. The zero-order valence-electron chi connectivity index (χ0n) is 9.50. The number of rotatable bonds is 3. The summed E-state index contributed by atoms with van der Waals surface area (Å²) >= 11 is 0. The third-order valence-corrected chi connectivity index (χ3v) is 3.70. The average molecular weight is 233 g/mol. The molecule has 0 saturated carbocycles. The number of non-ortho nitro benzene ring substituents is 1. The summed E-state index contributed by atoms with van der Waals surface area (Å²) < 4.78 is 0. The number of nitrogens with zero attached hydrogens (tertiary/aromatic N) is 2. The molecule has 2 heterocycles. The lowest BCUT2D eigenvalue weighted by Crippen LogP contribution is -2.42. The van der Waals surface area contributed by atoms with Gasteiger partial charge < -0.3 is 5.32 Å². The van der Waals surface area contributed by atoms with Gasteiger partial charge in [-0.1, -0.05) is 12.1 Å². The van der Waals surface area contributed by atoms with Gasteiger partial charge in [0.25, 0.3) is 5.69 Å². The largest absolute Gasteiger partial charge is 0.311 e. The molecule has 2 atom stereocenters. The van der Waals surface area contributed by atoms with E-state index in [1.54, 1.807) is 12.1 Å². The smallest absolute Gasteiger partial charge is 0.269 e. The van der Waals surface area contributed by atoms with Gasteiger partial charge in [-0.05, 0) is 12.0 Å². The minimum atomic E-state index is -0.356. The van der Waals surface area contributed by atoms with Crippen LogP contribution in [0.15, 0.2) is 24.3 Å². The van der Waals surface area contributed by atoms with E-state index in [1.807, 2.05) is 12.1 Å². The molecule has 2 aliphatic heterocycles. The van der Waals surface area contributed by atoms with Crippen LogP contribution in [0.1, 0.15) is 12.0 Å². The lowest BCUT2D eigenvalue weighted by atomic mass is 10.2. The highest BCUT2D eigenvalue weighted by molar-refractivity contribution is 5.32. The summed E-state index contributed by atoms with van der Waals surface area (Å²) in [6.07, 6.45) is 1.24. The quantitative estimate of drug-likeness (QED) is 0.628. The van der Waals surface area contributed by atoms with E-state index in [4.69, 9.17) is 0 Å². The highest BCUT2D eigenvalue weighted by Crippen LogP contribution is 2.25. The summed E-state index contributed by atoms with van der Waals surface area (Å²) in [5.74, 6) is 0. The monoisotopic (exact) mass is 233 g/mol. The van der Waals surface area contributed by atoms with Crippen molar-refractivity contribution >= 4 is 5.69 Å². The normalized spacial score (nSPS) is 27.5. The van der Waals surface area contributed by atoms with Crippen LogP contribution in [-0.4, -0.2) is 35.0 Å². The van der Waals surface area contributed by atoms with E-state index in [0.717, 1.165) is 25.2 Å². The summed E-state index contributed by atoms with van der Waals surface area (Å²) in [7, 11) is 0. The second-order valence-electron chi connectivity index (χ2n) is 4.85. The van der Waals surface area contributed by atoms with Crippen molar-refractivity contribution in [3.05, 3.63) is 39.9 Å². The fourth-order valence-corrected chi connectivity index (χ4v) is 2.80. The molecule has 0 unspecified atom stereocenters. The summed E-state index contributed by atoms with van der Waals surface area (Å²) in [5.41, 5.74) is 1.32. The number of piperazine rings is 1. The SMILES string of the molecule is O=[N+]([O-])c1ccc(CN2C[C@@H]3C[C@H]2CN3)cc1. The molecule has 0 amide bonds. The molecule has 0 radical (unpaired) electrons. The van der Waals surface area contributed by atoms with Crippen molar-refractivity contribution in [1.29, 1.82) is 0 Å². The number of hydrogen-bond acceptors (Lipinski definition) is 4. The van der Waals surface area contributed by atoms with Crippen LogP contribution in [-0.2, 0) is 6.54 Å². The molecule has 1 N–H and O–H groups in total. The van der Waals surface area contributed by atoms with Crippen molar-refractivity contribution in [3.63, 3.8) is 0 Å². The van der Waals surface area contributed by atoms with Crippen LogP contribution < -0.4 is 5.32 Å². The Balaban J connectivity index is 1.67. The highest BCUT2D eigenvalue weighted by atomic mass is 16.6. The van der Waals surface area contributed by atoms with E-state index in [9.17, 15) is 10.1 Å². The molecule has 0 spiro atoms. The standard InChI is InChI=1S/C12H15N3O2/c16-15(17)11-3-1-9(2-4-11)7-14-8-10-5-12(14)6-13-10/h1-4,10,12-13H,5-8H2/t10-,12-/m0/s1. The zero-order chi connectivity index (χ0) is 11.8. The lowest BCUT2D eigenvalue weighted by Gasteiger charge is -2.27. The fourth-order valence-electron chi connectivity index (χ4n) is 2.80. The molecular formula is C12H15N3O2. The zero-order valence-corrected chi connectivity index (χ0v) is 9.50. The molecule has 2 bridgehead atoms. The van der Waals surface area contributed by atoms with Crippen LogP contribution in [0.3, 0.4) is 0 Å². The Morgan fingerprint density at radius 3 is 2.71 bits per heavy atom. The maximum atomic E-state index is 10.5. The summed E-state index contributed by atoms with van der Waals surface area (Å²) in [5, 5.41) is 14.0. The Bertz CT molecular complexity index is 432. The van der Waals surface area contributed by atoms with Crippen LogP contribution in [0.2, 0.25) is 0 Å². The minimum absolute atomic E-state index is 0.165. The molecule has 17 heavy (non-hydrogen) atoms. The molecular weight excluding hydrogens is 218 g/mol. The van der Waals surface area contributed by atoms with Crippen LogP contribution in [0, 0.1) is 10.1 Å². The van der Waals surface area contributed by atoms with Crippen molar-refractivity contribution in [1.82, 2.24) is 10.2 Å². The number of nitrogens with one attached hydrogen (secondary N) is 1. The predicted molar refractivity (Wildman–Crippen MR) is 63.7 cm³/mol. The van der Waals surface area contributed by atoms with Gasteiger partial charge in [0.2, 0.25) is 0 Å². The molecule has 0 aromatic heterocycles. The van der Waals surface area contributed by atoms with Crippen molar-refractivity contribution in [2.45, 2.75) is 25.0 Å². The molecule has 5 heteroatoms. The van der Waals surface area contributed by atoms with Gasteiger partial charge in [-0.15, -0.1) is 0 Å². The Kier molecular flexibility index (Phi) is 2.57. The number of hydrogen-bond donors (Lipinski definition) is 1. The Hall–Kier alpha value is -1.46. The van der Waals surface area contributed by atoms with Crippen molar-refractivity contribution in [2.75, 3.05) is 13.1 Å². The Morgan fingerprint density at radius 1 is 1.41 bits per heavy atom. The number of fused-ring (bicyclic) bond motifs is 2. The Morgan fingerprint density at radius 2 is 2.18 bits per heavy atom. The van der Waals surface area contributed by atoms with Crippen molar-refractivity contribution in [2.24, 2.45) is 0 Å². The molecule has 90 valence electrons. The van der Waals surface area contributed by atoms with E-state index in [-0.39, 0.29) is 10.6 Å². The average Bonchev–Trinajstić information content (AvgIpc) is 2.91. The second-order valence-corrected chi connectivity index (χ2v) is 4.85. The van der Waals surface area contributed by atoms with E-state index < -0.39 is 0 Å². The van der Waals surface area contributed by atoms with Crippen LogP contribution in [0.5, 0.6) is 0 Å². The van der Waals surface area contributed by atoms with E-state index >= 15 is 0 Å². The van der Waals surface area contributed by atoms with E-state index in [2.05, 4.69) is 10.2 Å². The van der Waals surface area contributed by atoms with Gasteiger partial charge in [-0.3, -0.25) is 15.0 Å². The number of nitro groups is 1. The summed E-state index contributed by atoms with van der Waals surface area (Å²) in [6, 6.07) is 8.19. The first-order valence-electron chi connectivity index (χ1n) is 5.93. The molecule has 2 aliphatic rings. The molecule has 2 saturated heterocycles. The Labute approximate surface area is 99.6 Å². The molecule has 1 aromatic carbocycles. The van der Waals surface area contributed by atoms with Crippen molar-refractivity contribution < 1.29 is 4.92 Å². The third kappa shape index (κ3) is 2.03. The topological polar surface area (TPSA) is 58.4 Å². The molecule has 2 fully saturated rings. The van der Waals surface area contributed by atoms with E-state index in [0.29, 0.717) is 12.1 Å². The van der Waals surface area contributed by atoms with Gasteiger partial charge in [0, 0.05) is 43.9 Å². The number of nitro benzene ring substituents is 1. The summed E-state index contributed by atoms with van der Waals surface area (Å²) in [4.78, 5) is 12.7. The molecule has 1 aromatic rings. The van der Waals surface area contributed by atoms with E-state index in [1.165, 1.54) is 6.42 Å². The first kappa shape index (κ1) is 10.7. The van der Waals surface area contributed by atoms with Crippen LogP contribution >= 0.6 is 0 Å². The molecule has 3 rings (SSSR count). The highest BCUT2D eigenvalue weighted by Gasteiger charge is 2.37. The second kappa shape index (κ2) is 4.09. The number of likely N-dealkylation sites (tertiary alicyclic amines) is 1. The number of benzene rings is 1. The molecule has 5 nitrogen and oxygen atoms in total. The van der Waals surface area contributed by atoms with Gasteiger partial charge >= 0.3 is 0 Å². The van der Waals surface area contributed by atoms with Gasteiger partial charge in [-0.2, -0.15) is 0 Å². The van der Waals surface area contributed by atoms with Crippen LogP contribution in [0.25, 0.3) is 0 Å². The first-order chi connectivity index (χ1) is 8.22. The van der Waals surface area contributed by atoms with Gasteiger partial charge in [0.05, 0.1) is 4.92 Å². The lowest BCUT2D eigenvalue weighted by molar-refractivity contribution is -0.384. The summed E-state index contributed by atoms with van der Waals surface area (Å²) in [6.45, 7) is 3.08. The minimum Gasteiger partial charge on any atom is -0.311 e. The van der Waals surface area contributed by atoms with Crippen LogP contribution in [0.4, 0.5) is 5.69 Å². The van der Waals surface area contributed by atoms with Gasteiger partial charge in [0.15, 0.2) is 0 Å². The van der Waals surface area contributed by atoms with Gasteiger partial charge in [0.1, 0.15) is 0 Å². The maximum Gasteiger partial charge on any atom is 0.269 e.